The Morgan fingerprint density at radius 1 is 0.967 bits per heavy atom. The molecule has 0 unspecified atom stereocenters. The minimum absolute atomic E-state index is 0.208. The second kappa shape index (κ2) is 9.48. The Labute approximate surface area is 176 Å². The highest BCUT2D eigenvalue weighted by Crippen LogP contribution is 2.44. The van der Waals surface area contributed by atoms with E-state index in [1.54, 1.807) is 46.5 Å². The third-order valence-electron chi connectivity index (χ3n) is 5.30. The van der Waals surface area contributed by atoms with E-state index < -0.39 is 17.8 Å². The molecule has 0 bridgehead atoms. The zero-order valence-electron chi connectivity index (χ0n) is 17.6. The number of esters is 1. The Kier molecular flexibility index (Phi) is 6.77. The first-order valence-corrected chi connectivity index (χ1v) is 9.79. The van der Waals surface area contributed by atoms with E-state index in [1.165, 1.54) is 0 Å². The van der Waals surface area contributed by atoms with Crippen molar-refractivity contribution in [3.05, 3.63) is 59.7 Å². The average Bonchev–Trinajstić information content (AvgIpc) is 2.78. The molecule has 30 heavy (non-hydrogen) atoms. The summed E-state index contributed by atoms with van der Waals surface area (Å²) >= 11 is 0. The van der Waals surface area contributed by atoms with Gasteiger partial charge in [0, 0.05) is 11.5 Å². The molecule has 2 aromatic carbocycles. The van der Waals surface area contributed by atoms with Gasteiger partial charge in [-0.15, -0.1) is 0 Å². The molecule has 2 aromatic rings. The molecular weight excluding hydrogens is 384 g/mol. The first kappa shape index (κ1) is 21.4. The lowest BCUT2D eigenvalue weighted by molar-refractivity contribution is -0.151. The van der Waals surface area contributed by atoms with Gasteiger partial charge in [0.2, 0.25) is 0 Å². The molecule has 158 valence electrons. The van der Waals surface area contributed by atoms with E-state index in [-0.39, 0.29) is 12.4 Å². The number of hydrogen-bond acceptors (Lipinski definition) is 6. The molecule has 0 N–H and O–H groups in total. The fourth-order valence-corrected chi connectivity index (χ4v) is 3.81. The molecule has 3 rings (SSSR count). The van der Waals surface area contributed by atoms with Crippen molar-refractivity contribution in [2.45, 2.75) is 19.3 Å². The molecule has 1 aliphatic rings. The van der Waals surface area contributed by atoms with Crippen LogP contribution in [0.5, 0.6) is 17.2 Å². The van der Waals surface area contributed by atoms with Crippen LogP contribution in [0.15, 0.2) is 48.5 Å². The Bertz CT molecular complexity index is 945. The van der Waals surface area contributed by atoms with Crippen LogP contribution < -0.4 is 14.2 Å². The van der Waals surface area contributed by atoms with Crippen molar-refractivity contribution in [2.75, 3.05) is 27.9 Å². The number of rotatable bonds is 7. The molecule has 0 heterocycles. The van der Waals surface area contributed by atoms with Crippen LogP contribution in [0.2, 0.25) is 0 Å². The molecule has 0 saturated carbocycles. The van der Waals surface area contributed by atoms with E-state index >= 15 is 0 Å². The minimum atomic E-state index is -0.937. The van der Waals surface area contributed by atoms with E-state index in [0.29, 0.717) is 17.9 Å². The monoisotopic (exact) mass is 410 g/mol. The molecule has 0 spiro atoms. The average molecular weight is 410 g/mol. The maximum atomic E-state index is 13.1. The lowest BCUT2D eigenvalue weighted by Gasteiger charge is -2.30. The predicted molar refractivity (Wildman–Crippen MR) is 113 cm³/mol. The summed E-state index contributed by atoms with van der Waals surface area (Å²) in [5.41, 5.74) is 2.48. The van der Waals surface area contributed by atoms with E-state index in [0.717, 1.165) is 22.4 Å². The Balaban J connectivity index is 2.08. The van der Waals surface area contributed by atoms with Gasteiger partial charge < -0.3 is 18.9 Å². The lowest BCUT2D eigenvalue weighted by atomic mass is 9.73. The largest absolute Gasteiger partial charge is 0.497 e. The van der Waals surface area contributed by atoms with Gasteiger partial charge in [-0.1, -0.05) is 12.1 Å². The van der Waals surface area contributed by atoms with Crippen molar-refractivity contribution in [3.8, 4) is 17.2 Å². The fraction of sp³-hybridized carbons (Fsp3) is 0.333. The first-order valence-electron chi connectivity index (χ1n) is 9.79. The SMILES string of the molecule is CCOC(=O)[C@H]1C(=O)C=C(c2ccc(OC)cc2)C[C@H]1c1cc(OC)ccc1OC. The highest BCUT2D eigenvalue weighted by molar-refractivity contribution is 6.10. The van der Waals surface area contributed by atoms with Crippen LogP contribution >= 0.6 is 0 Å². The topological polar surface area (TPSA) is 71.1 Å². The van der Waals surface area contributed by atoms with Crippen molar-refractivity contribution in [3.63, 3.8) is 0 Å². The quantitative estimate of drug-likeness (QED) is 0.507. The molecule has 0 radical (unpaired) electrons. The molecule has 1 aliphatic carbocycles. The van der Waals surface area contributed by atoms with Crippen LogP contribution in [0.4, 0.5) is 0 Å². The Morgan fingerprint density at radius 3 is 2.23 bits per heavy atom. The van der Waals surface area contributed by atoms with Gasteiger partial charge in [0.1, 0.15) is 23.2 Å². The number of methoxy groups -OCH3 is 3. The predicted octanol–water partition coefficient (Wildman–Crippen LogP) is 4.03. The summed E-state index contributed by atoms with van der Waals surface area (Å²) in [4.78, 5) is 25.8. The molecule has 0 aliphatic heterocycles. The number of ether oxygens (including phenoxy) is 4. The van der Waals surface area contributed by atoms with Gasteiger partial charge in [-0.3, -0.25) is 9.59 Å². The van der Waals surface area contributed by atoms with Gasteiger partial charge in [-0.25, -0.2) is 0 Å². The maximum absolute atomic E-state index is 13.1. The van der Waals surface area contributed by atoms with Gasteiger partial charge in [0.05, 0.1) is 27.9 Å². The van der Waals surface area contributed by atoms with Crippen LogP contribution in [0, 0.1) is 5.92 Å². The summed E-state index contributed by atoms with van der Waals surface area (Å²) in [5.74, 6) is -0.225. The van der Waals surface area contributed by atoms with Crippen molar-refractivity contribution in [1.82, 2.24) is 0 Å². The van der Waals surface area contributed by atoms with Crippen molar-refractivity contribution in [2.24, 2.45) is 5.92 Å². The number of carbonyl (C=O) groups is 2. The van der Waals surface area contributed by atoms with Crippen LogP contribution in [-0.2, 0) is 14.3 Å². The molecule has 0 fully saturated rings. The summed E-state index contributed by atoms with van der Waals surface area (Å²) in [6.07, 6.45) is 2.03. The first-order chi connectivity index (χ1) is 14.5. The van der Waals surface area contributed by atoms with Crippen LogP contribution in [0.3, 0.4) is 0 Å². The van der Waals surface area contributed by atoms with Gasteiger partial charge >= 0.3 is 5.97 Å². The molecule has 6 heteroatoms. The van der Waals surface area contributed by atoms with Crippen molar-refractivity contribution in [1.29, 1.82) is 0 Å². The van der Waals surface area contributed by atoms with Crippen molar-refractivity contribution < 1.29 is 28.5 Å². The number of benzene rings is 2. The second-order valence-electron chi connectivity index (χ2n) is 6.95. The fourth-order valence-electron chi connectivity index (χ4n) is 3.81. The maximum Gasteiger partial charge on any atom is 0.317 e. The third kappa shape index (κ3) is 4.32. The molecule has 0 amide bonds. The van der Waals surface area contributed by atoms with Crippen LogP contribution in [0.1, 0.15) is 30.4 Å². The van der Waals surface area contributed by atoms with Crippen molar-refractivity contribution >= 4 is 17.3 Å². The van der Waals surface area contributed by atoms with E-state index in [4.69, 9.17) is 18.9 Å². The highest BCUT2D eigenvalue weighted by Gasteiger charge is 2.41. The zero-order chi connectivity index (χ0) is 21.7. The molecule has 2 atom stereocenters. The van der Waals surface area contributed by atoms with Crippen LogP contribution in [0.25, 0.3) is 5.57 Å². The summed E-state index contributed by atoms with van der Waals surface area (Å²) in [7, 11) is 4.74. The molecule has 6 nitrogen and oxygen atoms in total. The zero-order valence-corrected chi connectivity index (χ0v) is 17.6. The number of carbonyl (C=O) groups excluding carboxylic acids is 2. The van der Waals surface area contributed by atoms with Gasteiger partial charge in [-0.2, -0.15) is 0 Å². The standard InChI is InChI=1S/C24H26O6/c1-5-30-24(26)23-20(19-14-18(28-3)10-11-22(19)29-4)12-16(13-21(23)25)15-6-8-17(27-2)9-7-15/h6-11,13-14,20,23H,5,12H2,1-4H3/t20-,23+/m0/s1. The number of hydrogen-bond donors (Lipinski definition) is 0. The van der Waals surface area contributed by atoms with E-state index in [1.807, 2.05) is 30.3 Å². The molecule has 0 aromatic heterocycles. The normalized spacial score (nSPS) is 18.4. The minimum Gasteiger partial charge on any atom is -0.497 e. The Hall–Kier alpha value is -3.28. The summed E-state index contributed by atoms with van der Waals surface area (Å²) < 4.78 is 21.4. The summed E-state index contributed by atoms with van der Waals surface area (Å²) in [5, 5.41) is 0. The highest BCUT2D eigenvalue weighted by atomic mass is 16.5. The number of ketones is 1. The number of allylic oxidation sites excluding steroid dienone is 2. The molecule has 0 saturated heterocycles. The third-order valence-corrected chi connectivity index (χ3v) is 5.30. The summed E-state index contributed by atoms with van der Waals surface area (Å²) in [6.45, 7) is 1.94. The van der Waals surface area contributed by atoms with Gasteiger partial charge in [0.25, 0.3) is 0 Å². The van der Waals surface area contributed by atoms with Crippen LogP contribution in [-0.4, -0.2) is 39.7 Å². The van der Waals surface area contributed by atoms with E-state index in [2.05, 4.69) is 0 Å². The smallest absolute Gasteiger partial charge is 0.317 e. The Morgan fingerprint density at radius 2 is 1.63 bits per heavy atom. The van der Waals surface area contributed by atoms with E-state index in [9.17, 15) is 9.59 Å². The van der Waals surface area contributed by atoms with Gasteiger partial charge in [-0.05, 0) is 60.9 Å². The molecular formula is C24H26O6. The second-order valence-corrected chi connectivity index (χ2v) is 6.95. The summed E-state index contributed by atoms with van der Waals surface area (Å²) in [6, 6.07) is 12.9. The van der Waals surface area contributed by atoms with Gasteiger partial charge in [0.15, 0.2) is 5.78 Å². The lowest BCUT2D eigenvalue weighted by Crippen LogP contribution is -2.34.